The van der Waals surface area contributed by atoms with E-state index in [1.165, 1.54) is 0 Å². The summed E-state index contributed by atoms with van der Waals surface area (Å²) in [5, 5.41) is 12.6. The Morgan fingerprint density at radius 2 is 1.79 bits per heavy atom. The molecule has 1 aromatic heterocycles. The topological polar surface area (TPSA) is 63.0 Å². The first kappa shape index (κ1) is 13.3. The number of benzene rings is 1. The van der Waals surface area contributed by atoms with Crippen LogP contribution in [0.15, 0.2) is 16.5 Å². The van der Waals surface area contributed by atoms with Crippen molar-refractivity contribution in [3.8, 4) is 0 Å². The summed E-state index contributed by atoms with van der Waals surface area (Å²) in [5.41, 5.74) is -0.286. The molecule has 0 fully saturated rings. The van der Waals surface area contributed by atoms with E-state index in [1.54, 1.807) is 14.0 Å². The number of anilines is 2. The van der Waals surface area contributed by atoms with Gasteiger partial charge in [-0.3, -0.25) is 0 Å². The van der Waals surface area contributed by atoms with Gasteiger partial charge in [0.15, 0.2) is 11.6 Å². The van der Waals surface area contributed by atoms with Crippen molar-refractivity contribution in [2.45, 2.75) is 13.0 Å². The molecule has 0 saturated carbocycles. The van der Waals surface area contributed by atoms with E-state index >= 15 is 0 Å². The Hall–Kier alpha value is -2.09. The molecule has 19 heavy (non-hydrogen) atoms. The molecule has 0 saturated heterocycles. The Kier molecular flexibility index (Phi) is 3.70. The highest BCUT2D eigenvalue weighted by Gasteiger charge is 2.15. The van der Waals surface area contributed by atoms with Crippen molar-refractivity contribution in [3.05, 3.63) is 35.5 Å². The number of rotatable bonds is 4. The van der Waals surface area contributed by atoms with Gasteiger partial charge in [0.2, 0.25) is 5.89 Å². The standard InChI is InChI=1S/C11H11F3N4O/c1-5(15-2)10-17-18-11(19-10)16-9-4-7(13)6(12)3-8(9)14/h3-5,15H,1-2H3,(H,16,18). The minimum Gasteiger partial charge on any atom is -0.406 e. The molecule has 0 amide bonds. The van der Waals surface area contributed by atoms with Crippen LogP contribution in [-0.2, 0) is 0 Å². The molecule has 1 atom stereocenters. The zero-order valence-electron chi connectivity index (χ0n) is 10.2. The molecule has 0 bridgehead atoms. The zero-order valence-corrected chi connectivity index (χ0v) is 10.2. The van der Waals surface area contributed by atoms with Crippen molar-refractivity contribution in [3.63, 3.8) is 0 Å². The lowest BCUT2D eigenvalue weighted by molar-refractivity contribution is 0.442. The summed E-state index contributed by atoms with van der Waals surface area (Å²) in [7, 11) is 1.71. The van der Waals surface area contributed by atoms with Gasteiger partial charge in [0.25, 0.3) is 0 Å². The summed E-state index contributed by atoms with van der Waals surface area (Å²) >= 11 is 0. The smallest absolute Gasteiger partial charge is 0.320 e. The molecule has 2 N–H and O–H groups in total. The summed E-state index contributed by atoms with van der Waals surface area (Å²) in [4.78, 5) is 0. The fraction of sp³-hybridized carbons (Fsp3) is 0.273. The first-order valence-corrected chi connectivity index (χ1v) is 5.43. The maximum atomic E-state index is 13.4. The molecule has 0 radical (unpaired) electrons. The van der Waals surface area contributed by atoms with Crippen LogP contribution in [-0.4, -0.2) is 17.2 Å². The van der Waals surface area contributed by atoms with Crippen molar-refractivity contribution in [2.24, 2.45) is 0 Å². The summed E-state index contributed by atoms with van der Waals surface area (Å²) in [6.45, 7) is 1.79. The van der Waals surface area contributed by atoms with Gasteiger partial charge in [-0.25, -0.2) is 13.2 Å². The predicted molar refractivity (Wildman–Crippen MR) is 61.4 cm³/mol. The molecule has 1 unspecified atom stereocenters. The van der Waals surface area contributed by atoms with Crippen molar-refractivity contribution in [2.75, 3.05) is 12.4 Å². The Labute approximate surface area is 106 Å². The Morgan fingerprint density at radius 1 is 1.11 bits per heavy atom. The van der Waals surface area contributed by atoms with Gasteiger partial charge in [-0.2, -0.15) is 0 Å². The monoisotopic (exact) mass is 272 g/mol. The third-order valence-electron chi connectivity index (χ3n) is 2.50. The second-order valence-corrected chi connectivity index (χ2v) is 3.83. The van der Waals surface area contributed by atoms with Gasteiger partial charge < -0.3 is 15.1 Å². The van der Waals surface area contributed by atoms with Gasteiger partial charge in [-0.1, -0.05) is 5.10 Å². The highest BCUT2D eigenvalue weighted by Crippen LogP contribution is 2.23. The Balaban J connectivity index is 2.22. The highest BCUT2D eigenvalue weighted by atomic mass is 19.2. The molecule has 0 aliphatic rings. The van der Waals surface area contributed by atoms with Crippen LogP contribution in [0.5, 0.6) is 0 Å². The van der Waals surface area contributed by atoms with Crippen LogP contribution >= 0.6 is 0 Å². The summed E-state index contributed by atoms with van der Waals surface area (Å²) in [5.74, 6) is -3.11. The largest absolute Gasteiger partial charge is 0.406 e. The molecule has 0 aliphatic carbocycles. The molecular weight excluding hydrogens is 261 g/mol. The molecule has 0 aliphatic heterocycles. The number of halogens is 3. The number of hydrogen-bond acceptors (Lipinski definition) is 5. The SMILES string of the molecule is CNC(C)c1nnc(Nc2cc(F)c(F)cc2F)o1. The van der Waals surface area contributed by atoms with E-state index in [-0.39, 0.29) is 23.6 Å². The molecule has 8 heteroatoms. The van der Waals surface area contributed by atoms with Gasteiger partial charge in [-0.05, 0) is 14.0 Å². The second-order valence-electron chi connectivity index (χ2n) is 3.83. The van der Waals surface area contributed by atoms with E-state index in [9.17, 15) is 13.2 Å². The normalized spacial score (nSPS) is 12.5. The number of nitrogens with zero attached hydrogens (tertiary/aromatic N) is 2. The lowest BCUT2D eigenvalue weighted by Crippen LogP contribution is -2.12. The van der Waals surface area contributed by atoms with Crippen LogP contribution in [0, 0.1) is 17.5 Å². The van der Waals surface area contributed by atoms with Crippen LogP contribution in [0.25, 0.3) is 0 Å². The van der Waals surface area contributed by atoms with Gasteiger partial charge in [0.05, 0.1) is 11.7 Å². The van der Waals surface area contributed by atoms with Crippen molar-refractivity contribution in [1.82, 2.24) is 15.5 Å². The summed E-state index contributed by atoms with van der Waals surface area (Å²) in [6, 6.07) is 0.821. The van der Waals surface area contributed by atoms with E-state index < -0.39 is 17.5 Å². The van der Waals surface area contributed by atoms with Crippen LogP contribution in [0.1, 0.15) is 18.9 Å². The molecule has 102 valence electrons. The maximum Gasteiger partial charge on any atom is 0.320 e. The molecular formula is C11H11F3N4O. The van der Waals surface area contributed by atoms with Crippen LogP contribution in [0.3, 0.4) is 0 Å². The lowest BCUT2D eigenvalue weighted by Gasteiger charge is -2.04. The molecule has 2 aromatic rings. The Bertz CT molecular complexity index is 587. The van der Waals surface area contributed by atoms with Crippen LogP contribution < -0.4 is 10.6 Å². The minimum absolute atomic E-state index is 0.109. The van der Waals surface area contributed by atoms with Crippen LogP contribution in [0.2, 0.25) is 0 Å². The minimum atomic E-state index is -1.27. The number of aromatic nitrogens is 2. The maximum absolute atomic E-state index is 13.4. The average Bonchev–Trinajstić information content (AvgIpc) is 2.83. The second kappa shape index (κ2) is 5.27. The van der Waals surface area contributed by atoms with E-state index in [4.69, 9.17) is 4.42 Å². The summed E-state index contributed by atoms with van der Waals surface area (Å²) in [6.07, 6.45) is 0. The molecule has 0 spiro atoms. The summed E-state index contributed by atoms with van der Waals surface area (Å²) < 4.78 is 44.3. The zero-order chi connectivity index (χ0) is 14.0. The molecule has 5 nitrogen and oxygen atoms in total. The van der Waals surface area contributed by atoms with E-state index in [0.717, 1.165) is 0 Å². The molecule has 1 aromatic carbocycles. The fourth-order valence-electron chi connectivity index (χ4n) is 1.32. The lowest BCUT2D eigenvalue weighted by atomic mass is 10.3. The van der Waals surface area contributed by atoms with Crippen molar-refractivity contribution >= 4 is 11.7 Å². The molecule has 2 rings (SSSR count). The highest BCUT2D eigenvalue weighted by molar-refractivity contribution is 5.52. The quantitative estimate of drug-likeness (QED) is 0.837. The van der Waals surface area contributed by atoms with E-state index in [0.29, 0.717) is 12.1 Å². The predicted octanol–water partition coefficient (Wildman–Crippen LogP) is 2.51. The first-order valence-electron chi connectivity index (χ1n) is 5.43. The van der Waals surface area contributed by atoms with Gasteiger partial charge in [0, 0.05) is 12.1 Å². The van der Waals surface area contributed by atoms with Gasteiger partial charge in [-0.15, -0.1) is 5.10 Å². The van der Waals surface area contributed by atoms with Crippen molar-refractivity contribution < 1.29 is 17.6 Å². The third kappa shape index (κ3) is 2.84. The van der Waals surface area contributed by atoms with E-state index in [2.05, 4.69) is 20.8 Å². The third-order valence-corrected chi connectivity index (χ3v) is 2.50. The fourth-order valence-corrected chi connectivity index (χ4v) is 1.32. The Morgan fingerprint density at radius 3 is 2.47 bits per heavy atom. The van der Waals surface area contributed by atoms with E-state index in [1.807, 2.05) is 0 Å². The van der Waals surface area contributed by atoms with Crippen LogP contribution in [0.4, 0.5) is 24.9 Å². The van der Waals surface area contributed by atoms with Gasteiger partial charge >= 0.3 is 6.01 Å². The van der Waals surface area contributed by atoms with Crippen molar-refractivity contribution in [1.29, 1.82) is 0 Å². The molecule has 1 heterocycles. The number of hydrogen-bond donors (Lipinski definition) is 2. The van der Waals surface area contributed by atoms with Gasteiger partial charge in [0.1, 0.15) is 5.82 Å². The first-order chi connectivity index (χ1) is 9.01. The average molecular weight is 272 g/mol. The number of nitrogens with one attached hydrogen (secondary N) is 2.